The monoisotopic (exact) mass is 304 g/mol. The smallest absolute Gasteiger partial charge is 0.306 e. The number of methoxy groups -OCH3 is 1. The van der Waals surface area contributed by atoms with Gasteiger partial charge in [0.05, 0.1) is 7.11 Å². The average molecular weight is 305 g/mol. The van der Waals surface area contributed by atoms with Crippen LogP contribution in [0.4, 0.5) is 0 Å². The van der Waals surface area contributed by atoms with Crippen LogP contribution in [0.15, 0.2) is 48.5 Å². The van der Waals surface area contributed by atoms with Gasteiger partial charge in [0.15, 0.2) is 0 Å². The molecule has 0 radical (unpaired) electrons. The highest BCUT2D eigenvalue weighted by atomic mass is 35.5. The number of ether oxygens (including phenoxy) is 2. The molecule has 0 saturated heterocycles. The molecule has 0 spiro atoms. The Bertz CT molecular complexity index is 576. The van der Waals surface area contributed by atoms with E-state index in [4.69, 9.17) is 21.1 Å². The fourth-order valence-corrected chi connectivity index (χ4v) is 1.98. The number of esters is 1. The number of rotatable bonds is 6. The zero-order valence-corrected chi connectivity index (χ0v) is 12.6. The zero-order chi connectivity index (χ0) is 15.1. The number of aryl methyl sites for hydroxylation is 1. The Hall–Kier alpha value is -2.00. The van der Waals surface area contributed by atoms with Crippen molar-refractivity contribution >= 4 is 17.6 Å². The molecule has 0 heterocycles. The number of benzene rings is 2. The van der Waals surface area contributed by atoms with Crippen LogP contribution in [0.2, 0.25) is 5.02 Å². The summed E-state index contributed by atoms with van der Waals surface area (Å²) in [6.45, 7) is 0.276. The van der Waals surface area contributed by atoms with Gasteiger partial charge in [-0.05, 0) is 41.8 Å². The molecule has 4 heteroatoms. The lowest BCUT2D eigenvalue weighted by molar-refractivity contribution is -0.144. The van der Waals surface area contributed by atoms with Crippen LogP contribution in [-0.4, -0.2) is 13.1 Å². The van der Waals surface area contributed by atoms with E-state index >= 15 is 0 Å². The summed E-state index contributed by atoms with van der Waals surface area (Å²) in [6, 6.07) is 14.9. The van der Waals surface area contributed by atoms with Crippen molar-refractivity contribution in [2.24, 2.45) is 0 Å². The lowest BCUT2D eigenvalue weighted by Gasteiger charge is -2.06. The highest BCUT2D eigenvalue weighted by molar-refractivity contribution is 6.30. The predicted molar refractivity (Wildman–Crippen MR) is 82.6 cm³/mol. The largest absolute Gasteiger partial charge is 0.497 e. The molecular formula is C17H17ClO3. The first-order chi connectivity index (χ1) is 10.2. The van der Waals surface area contributed by atoms with E-state index in [2.05, 4.69) is 0 Å². The van der Waals surface area contributed by atoms with Crippen molar-refractivity contribution < 1.29 is 14.3 Å². The summed E-state index contributed by atoms with van der Waals surface area (Å²) in [5, 5.41) is 0.671. The van der Waals surface area contributed by atoms with Crippen LogP contribution >= 0.6 is 11.6 Å². The van der Waals surface area contributed by atoms with Gasteiger partial charge in [0.25, 0.3) is 0 Å². The zero-order valence-electron chi connectivity index (χ0n) is 11.8. The standard InChI is InChI=1S/C17H17ClO3/c1-20-16-9-4-13(5-10-16)6-11-17(19)21-12-14-2-7-15(18)8-3-14/h2-5,7-10H,6,11-12H2,1H3. The second kappa shape index (κ2) is 7.70. The van der Waals surface area contributed by atoms with Gasteiger partial charge in [0.1, 0.15) is 12.4 Å². The summed E-state index contributed by atoms with van der Waals surface area (Å²) in [7, 11) is 1.63. The summed E-state index contributed by atoms with van der Waals surface area (Å²) < 4.78 is 10.3. The molecule has 110 valence electrons. The minimum atomic E-state index is -0.208. The van der Waals surface area contributed by atoms with Gasteiger partial charge in [0, 0.05) is 11.4 Å². The lowest BCUT2D eigenvalue weighted by Crippen LogP contribution is -2.05. The van der Waals surface area contributed by atoms with Crippen LogP contribution in [-0.2, 0) is 22.6 Å². The molecule has 0 bridgehead atoms. The van der Waals surface area contributed by atoms with Gasteiger partial charge in [-0.25, -0.2) is 0 Å². The Morgan fingerprint density at radius 2 is 1.62 bits per heavy atom. The molecule has 2 aromatic carbocycles. The van der Waals surface area contributed by atoms with E-state index < -0.39 is 0 Å². The fraction of sp³-hybridized carbons (Fsp3) is 0.235. The first kappa shape index (κ1) is 15.4. The average Bonchev–Trinajstić information content (AvgIpc) is 2.53. The van der Waals surface area contributed by atoms with Crippen molar-refractivity contribution in [1.29, 1.82) is 0 Å². The minimum absolute atomic E-state index is 0.208. The van der Waals surface area contributed by atoms with E-state index in [9.17, 15) is 4.79 Å². The van der Waals surface area contributed by atoms with Crippen molar-refractivity contribution in [2.75, 3.05) is 7.11 Å². The molecule has 0 unspecified atom stereocenters. The minimum Gasteiger partial charge on any atom is -0.497 e. The van der Waals surface area contributed by atoms with Crippen LogP contribution in [0.5, 0.6) is 5.75 Å². The molecule has 21 heavy (non-hydrogen) atoms. The molecule has 0 saturated carbocycles. The highest BCUT2D eigenvalue weighted by Crippen LogP contribution is 2.13. The maximum atomic E-state index is 11.7. The molecule has 0 amide bonds. The van der Waals surface area contributed by atoms with Gasteiger partial charge in [-0.3, -0.25) is 4.79 Å². The van der Waals surface area contributed by atoms with Crippen LogP contribution in [0.3, 0.4) is 0 Å². The second-order valence-corrected chi connectivity index (χ2v) is 5.07. The van der Waals surface area contributed by atoms with Crippen molar-refractivity contribution in [3.8, 4) is 5.75 Å². The third kappa shape index (κ3) is 5.12. The van der Waals surface area contributed by atoms with Gasteiger partial charge in [-0.15, -0.1) is 0 Å². The molecule has 2 rings (SSSR count). The number of carbonyl (C=O) groups is 1. The number of hydrogen-bond acceptors (Lipinski definition) is 3. The van der Waals surface area contributed by atoms with Crippen LogP contribution in [0.25, 0.3) is 0 Å². The van der Waals surface area contributed by atoms with E-state index in [0.717, 1.165) is 16.9 Å². The maximum Gasteiger partial charge on any atom is 0.306 e. The van der Waals surface area contributed by atoms with E-state index in [1.807, 2.05) is 36.4 Å². The van der Waals surface area contributed by atoms with Gasteiger partial charge in [-0.2, -0.15) is 0 Å². The number of carbonyl (C=O) groups excluding carboxylic acids is 1. The first-order valence-corrected chi connectivity index (χ1v) is 7.08. The van der Waals surface area contributed by atoms with E-state index in [-0.39, 0.29) is 12.6 Å². The third-order valence-electron chi connectivity index (χ3n) is 3.09. The first-order valence-electron chi connectivity index (χ1n) is 6.70. The predicted octanol–water partition coefficient (Wildman–Crippen LogP) is 4.02. The molecule has 0 fully saturated rings. The Balaban J connectivity index is 1.75. The topological polar surface area (TPSA) is 35.5 Å². The Morgan fingerprint density at radius 3 is 2.24 bits per heavy atom. The van der Waals surface area contributed by atoms with E-state index in [1.165, 1.54) is 0 Å². The van der Waals surface area contributed by atoms with Crippen molar-refractivity contribution in [2.45, 2.75) is 19.4 Å². The van der Waals surface area contributed by atoms with Crippen LogP contribution in [0.1, 0.15) is 17.5 Å². The second-order valence-electron chi connectivity index (χ2n) is 4.64. The van der Waals surface area contributed by atoms with Gasteiger partial charge in [0.2, 0.25) is 0 Å². The summed E-state index contributed by atoms with van der Waals surface area (Å²) in [5.41, 5.74) is 2.01. The summed E-state index contributed by atoms with van der Waals surface area (Å²) >= 11 is 5.80. The van der Waals surface area contributed by atoms with E-state index in [1.54, 1.807) is 19.2 Å². The Labute approximate surface area is 129 Å². The lowest BCUT2D eigenvalue weighted by atomic mass is 10.1. The number of hydrogen-bond donors (Lipinski definition) is 0. The van der Waals surface area contributed by atoms with Gasteiger partial charge in [-0.1, -0.05) is 35.9 Å². The van der Waals surface area contributed by atoms with Gasteiger partial charge < -0.3 is 9.47 Å². The van der Waals surface area contributed by atoms with Crippen molar-refractivity contribution in [3.05, 3.63) is 64.7 Å². The van der Waals surface area contributed by atoms with Crippen LogP contribution < -0.4 is 4.74 Å². The van der Waals surface area contributed by atoms with Crippen molar-refractivity contribution in [3.63, 3.8) is 0 Å². The number of halogens is 1. The molecule has 0 aliphatic carbocycles. The molecule has 0 aromatic heterocycles. The summed E-state index contributed by atoms with van der Waals surface area (Å²) in [6.07, 6.45) is 1.02. The van der Waals surface area contributed by atoms with Crippen LogP contribution in [0, 0.1) is 0 Å². The highest BCUT2D eigenvalue weighted by Gasteiger charge is 2.05. The van der Waals surface area contributed by atoms with E-state index in [0.29, 0.717) is 17.9 Å². The summed E-state index contributed by atoms with van der Waals surface area (Å²) in [4.78, 5) is 11.7. The summed E-state index contributed by atoms with van der Waals surface area (Å²) in [5.74, 6) is 0.602. The normalized spacial score (nSPS) is 10.2. The Kier molecular flexibility index (Phi) is 5.64. The maximum absolute atomic E-state index is 11.7. The molecule has 0 N–H and O–H groups in total. The molecule has 0 aliphatic heterocycles. The molecule has 0 aliphatic rings. The Morgan fingerprint density at radius 1 is 1.00 bits per heavy atom. The molecule has 0 atom stereocenters. The molecule has 2 aromatic rings. The quantitative estimate of drug-likeness (QED) is 0.756. The molecular weight excluding hydrogens is 288 g/mol. The van der Waals surface area contributed by atoms with Crippen molar-refractivity contribution in [1.82, 2.24) is 0 Å². The fourth-order valence-electron chi connectivity index (χ4n) is 1.86. The third-order valence-corrected chi connectivity index (χ3v) is 3.34. The SMILES string of the molecule is COc1ccc(CCC(=O)OCc2ccc(Cl)cc2)cc1. The van der Waals surface area contributed by atoms with Gasteiger partial charge >= 0.3 is 5.97 Å². The molecule has 3 nitrogen and oxygen atoms in total.